The molecular formula is C26H20N4O3. The number of hydrogen-bond acceptors (Lipinski definition) is 6. The van der Waals surface area contributed by atoms with E-state index in [1.807, 2.05) is 73.7 Å². The first kappa shape index (κ1) is 20.4. The van der Waals surface area contributed by atoms with Crippen LogP contribution >= 0.6 is 0 Å². The number of nitrogens with zero attached hydrogens (tertiary/aromatic N) is 3. The molecule has 162 valence electrons. The van der Waals surface area contributed by atoms with E-state index in [1.54, 1.807) is 18.3 Å². The van der Waals surface area contributed by atoms with E-state index in [0.29, 0.717) is 40.5 Å². The number of carbonyl (C=O) groups excluding carboxylic acids is 1. The van der Waals surface area contributed by atoms with Crippen LogP contribution in [0, 0.1) is 0 Å². The highest BCUT2D eigenvalue weighted by Crippen LogP contribution is 2.31. The second kappa shape index (κ2) is 8.92. The van der Waals surface area contributed by atoms with Crippen LogP contribution in [0.1, 0.15) is 17.3 Å². The molecule has 1 amide bonds. The molecule has 0 fully saturated rings. The number of benzene rings is 2. The van der Waals surface area contributed by atoms with Crippen molar-refractivity contribution < 1.29 is 14.1 Å². The van der Waals surface area contributed by atoms with Crippen molar-refractivity contribution in [2.75, 3.05) is 11.9 Å². The lowest BCUT2D eigenvalue weighted by Gasteiger charge is -2.09. The minimum Gasteiger partial charge on any atom is -0.493 e. The number of pyridine rings is 2. The molecule has 5 aromatic rings. The summed E-state index contributed by atoms with van der Waals surface area (Å²) in [5, 5.41) is 7.66. The van der Waals surface area contributed by atoms with E-state index in [2.05, 4.69) is 20.4 Å². The maximum Gasteiger partial charge on any atom is 0.258 e. The third kappa shape index (κ3) is 4.16. The Morgan fingerprint density at radius 2 is 1.76 bits per heavy atom. The highest BCUT2D eigenvalue weighted by Gasteiger charge is 2.17. The highest BCUT2D eigenvalue weighted by molar-refractivity contribution is 6.12. The lowest BCUT2D eigenvalue weighted by atomic mass is 10.1. The van der Waals surface area contributed by atoms with E-state index in [1.165, 1.54) is 0 Å². The van der Waals surface area contributed by atoms with Gasteiger partial charge in [0.2, 0.25) is 5.88 Å². The quantitative estimate of drug-likeness (QED) is 0.372. The summed E-state index contributed by atoms with van der Waals surface area (Å²) in [6.45, 7) is 2.45. The molecule has 0 saturated carbocycles. The summed E-state index contributed by atoms with van der Waals surface area (Å²) in [5.41, 5.74) is 3.83. The van der Waals surface area contributed by atoms with Crippen molar-refractivity contribution in [1.82, 2.24) is 15.1 Å². The van der Waals surface area contributed by atoms with Gasteiger partial charge in [0, 0.05) is 23.2 Å². The summed E-state index contributed by atoms with van der Waals surface area (Å²) in [4.78, 5) is 22.3. The minimum atomic E-state index is -0.327. The summed E-state index contributed by atoms with van der Waals surface area (Å²) < 4.78 is 11.1. The van der Waals surface area contributed by atoms with E-state index in [9.17, 15) is 4.79 Å². The third-order valence-corrected chi connectivity index (χ3v) is 5.10. The second-order valence-electron chi connectivity index (χ2n) is 7.25. The van der Waals surface area contributed by atoms with Gasteiger partial charge in [-0.1, -0.05) is 41.6 Å². The Morgan fingerprint density at radius 1 is 0.939 bits per heavy atom. The van der Waals surface area contributed by atoms with Crippen LogP contribution in [0.3, 0.4) is 0 Å². The largest absolute Gasteiger partial charge is 0.493 e. The van der Waals surface area contributed by atoms with Crippen LogP contribution in [0.5, 0.6) is 5.75 Å². The standard InChI is InChI=1S/C26H20N4O3/c1-2-32-24-13-6-4-10-18(24)22-16-25(33-30-22)29-26(31)19-15-23(21-12-7-8-14-27-21)28-20-11-5-3-9-17(19)20/h3-16H,2H2,1H3,(H,29,31). The van der Waals surface area contributed by atoms with Gasteiger partial charge in [0.05, 0.1) is 29.1 Å². The van der Waals surface area contributed by atoms with Crippen LogP contribution in [0.25, 0.3) is 33.5 Å². The van der Waals surface area contributed by atoms with Gasteiger partial charge in [0.25, 0.3) is 5.91 Å². The van der Waals surface area contributed by atoms with E-state index in [0.717, 1.165) is 10.9 Å². The van der Waals surface area contributed by atoms with Crippen LogP contribution in [-0.2, 0) is 0 Å². The molecule has 1 N–H and O–H groups in total. The smallest absolute Gasteiger partial charge is 0.258 e. The number of carbonyl (C=O) groups is 1. The van der Waals surface area contributed by atoms with Crippen molar-refractivity contribution in [3.05, 3.63) is 90.6 Å². The van der Waals surface area contributed by atoms with Crippen molar-refractivity contribution in [2.45, 2.75) is 6.92 Å². The third-order valence-electron chi connectivity index (χ3n) is 5.10. The summed E-state index contributed by atoms with van der Waals surface area (Å²) >= 11 is 0. The Kier molecular flexibility index (Phi) is 5.51. The molecule has 7 heteroatoms. The SMILES string of the molecule is CCOc1ccccc1-c1cc(NC(=O)c2cc(-c3ccccn3)nc3ccccc23)on1. The molecule has 0 unspecified atom stereocenters. The van der Waals surface area contributed by atoms with Crippen molar-refractivity contribution in [3.63, 3.8) is 0 Å². The number of para-hydroxylation sites is 2. The predicted molar refractivity (Wildman–Crippen MR) is 126 cm³/mol. The molecule has 0 aliphatic heterocycles. The molecule has 0 aliphatic rings. The fraction of sp³-hybridized carbons (Fsp3) is 0.0769. The Labute approximate surface area is 190 Å². The van der Waals surface area contributed by atoms with Gasteiger partial charge in [-0.25, -0.2) is 4.98 Å². The van der Waals surface area contributed by atoms with Gasteiger partial charge in [0.15, 0.2) is 0 Å². The van der Waals surface area contributed by atoms with Crippen LogP contribution in [-0.4, -0.2) is 27.6 Å². The van der Waals surface area contributed by atoms with E-state index in [-0.39, 0.29) is 11.8 Å². The molecule has 0 atom stereocenters. The Bertz CT molecular complexity index is 1430. The fourth-order valence-electron chi connectivity index (χ4n) is 3.61. The average Bonchev–Trinajstić information content (AvgIpc) is 3.32. The van der Waals surface area contributed by atoms with Gasteiger partial charge in [-0.3, -0.25) is 15.1 Å². The van der Waals surface area contributed by atoms with Crippen LogP contribution in [0.15, 0.2) is 89.6 Å². The van der Waals surface area contributed by atoms with Crippen molar-refractivity contribution in [1.29, 1.82) is 0 Å². The number of rotatable bonds is 6. The molecule has 0 aliphatic carbocycles. The van der Waals surface area contributed by atoms with Gasteiger partial charge in [-0.2, -0.15) is 0 Å². The zero-order valence-electron chi connectivity index (χ0n) is 17.9. The molecule has 2 aromatic carbocycles. The number of nitrogens with one attached hydrogen (secondary N) is 1. The Morgan fingerprint density at radius 3 is 2.61 bits per heavy atom. The molecule has 33 heavy (non-hydrogen) atoms. The Hall–Kier alpha value is -4.52. The van der Waals surface area contributed by atoms with Crippen LogP contribution in [0.2, 0.25) is 0 Å². The maximum absolute atomic E-state index is 13.3. The van der Waals surface area contributed by atoms with Gasteiger partial charge in [-0.15, -0.1) is 0 Å². The molecule has 0 spiro atoms. The van der Waals surface area contributed by atoms with Gasteiger partial charge in [0.1, 0.15) is 11.4 Å². The number of hydrogen-bond donors (Lipinski definition) is 1. The zero-order chi connectivity index (χ0) is 22.6. The molecule has 3 aromatic heterocycles. The van der Waals surface area contributed by atoms with Gasteiger partial charge >= 0.3 is 0 Å². The van der Waals surface area contributed by atoms with Crippen LogP contribution < -0.4 is 10.1 Å². The molecular weight excluding hydrogens is 416 g/mol. The first-order valence-electron chi connectivity index (χ1n) is 10.5. The lowest BCUT2D eigenvalue weighted by molar-refractivity contribution is 0.102. The van der Waals surface area contributed by atoms with E-state index in [4.69, 9.17) is 9.26 Å². The summed E-state index contributed by atoms with van der Waals surface area (Å²) in [6.07, 6.45) is 1.70. The van der Waals surface area contributed by atoms with Gasteiger partial charge < -0.3 is 9.26 Å². The first-order chi connectivity index (χ1) is 16.2. The summed E-state index contributed by atoms with van der Waals surface area (Å²) in [6, 6.07) is 24.0. The summed E-state index contributed by atoms with van der Waals surface area (Å²) in [7, 11) is 0. The molecule has 3 heterocycles. The van der Waals surface area contributed by atoms with Gasteiger partial charge in [-0.05, 0) is 43.3 Å². The molecule has 5 rings (SSSR count). The average molecular weight is 436 g/mol. The monoisotopic (exact) mass is 436 g/mol. The molecule has 0 radical (unpaired) electrons. The van der Waals surface area contributed by atoms with Crippen molar-refractivity contribution in [3.8, 4) is 28.4 Å². The van der Waals surface area contributed by atoms with E-state index >= 15 is 0 Å². The maximum atomic E-state index is 13.3. The fourth-order valence-corrected chi connectivity index (χ4v) is 3.61. The molecule has 0 bridgehead atoms. The van der Waals surface area contributed by atoms with Crippen LogP contribution in [0.4, 0.5) is 5.88 Å². The van der Waals surface area contributed by atoms with Crippen molar-refractivity contribution in [2.24, 2.45) is 0 Å². The highest BCUT2D eigenvalue weighted by atomic mass is 16.5. The number of amides is 1. The van der Waals surface area contributed by atoms with Crippen molar-refractivity contribution >= 4 is 22.7 Å². The Balaban J connectivity index is 1.48. The predicted octanol–water partition coefficient (Wildman–Crippen LogP) is 5.60. The first-order valence-corrected chi connectivity index (χ1v) is 10.5. The number of anilines is 1. The second-order valence-corrected chi connectivity index (χ2v) is 7.25. The normalized spacial score (nSPS) is 10.8. The topological polar surface area (TPSA) is 90.1 Å². The molecule has 7 nitrogen and oxygen atoms in total. The zero-order valence-corrected chi connectivity index (χ0v) is 17.9. The number of ether oxygens (including phenoxy) is 1. The lowest BCUT2D eigenvalue weighted by Crippen LogP contribution is -2.12. The number of fused-ring (bicyclic) bond motifs is 1. The minimum absolute atomic E-state index is 0.238. The number of aromatic nitrogens is 3. The summed E-state index contributed by atoms with van der Waals surface area (Å²) in [5.74, 6) is 0.611. The van der Waals surface area contributed by atoms with E-state index < -0.39 is 0 Å². The molecule has 0 saturated heterocycles.